The quantitative estimate of drug-likeness (QED) is 0.700. The largest absolute Gasteiger partial charge is 0.453 e. The third kappa shape index (κ3) is 3.53. The molecule has 148 valence electrons. The van der Waals surface area contributed by atoms with Crippen molar-refractivity contribution in [3.8, 4) is 0 Å². The first-order chi connectivity index (χ1) is 13.8. The van der Waals surface area contributed by atoms with Crippen LogP contribution in [0.25, 0.3) is 0 Å². The number of pyridine rings is 2. The van der Waals surface area contributed by atoms with E-state index in [1.807, 2.05) is 0 Å². The Morgan fingerprint density at radius 2 is 1.90 bits per heavy atom. The van der Waals surface area contributed by atoms with E-state index in [9.17, 15) is 18.0 Å². The molecule has 0 spiro atoms. The first-order valence-corrected chi connectivity index (χ1v) is 8.47. The van der Waals surface area contributed by atoms with Gasteiger partial charge in [-0.25, -0.2) is 4.68 Å². The topological polar surface area (TPSA) is 97.6 Å². The van der Waals surface area contributed by atoms with Gasteiger partial charge in [-0.1, -0.05) is 6.07 Å². The van der Waals surface area contributed by atoms with E-state index in [0.29, 0.717) is 16.9 Å². The van der Waals surface area contributed by atoms with Crippen molar-refractivity contribution in [2.24, 2.45) is 0 Å². The van der Waals surface area contributed by atoms with Gasteiger partial charge < -0.3 is 10.6 Å². The van der Waals surface area contributed by atoms with E-state index in [2.05, 4.69) is 30.7 Å². The summed E-state index contributed by atoms with van der Waals surface area (Å²) in [6.07, 6.45) is 1.30. The number of halogens is 3. The molecule has 3 aromatic heterocycles. The van der Waals surface area contributed by atoms with Gasteiger partial charge in [-0.3, -0.25) is 14.8 Å². The van der Waals surface area contributed by atoms with Crippen molar-refractivity contribution >= 4 is 17.5 Å². The molecular formula is C18H14F3N7O. The molecule has 0 fully saturated rings. The van der Waals surface area contributed by atoms with Gasteiger partial charge in [-0.15, -0.1) is 5.10 Å². The van der Waals surface area contributed by atoms with Gasteiger partial charge in [0.15, 0.2) is 0 Å². The zero-order chi connectivity index (χ0) is 20.6. The van der Waals surface area contributed by atoms with Crippen molar-refractivity contribution in [1.29, 1.82) is 0 Å². The summed E-state index contributed by atoms with van der Waals surface area (Å²) in [6, 6.07) is 5.65. The molecule has 1 atom stereocenters. The van der Waals surface area contributed by atoms with Crippen LogP contribution in [0.1, 0.15) is 24.4 Å². The van der Waals surface area contributed by atoms with Crippen LogP contribution in [0.15, 0.2) is 60.3 Å². The summed E-state index contributed by atoms with van der Waals surface area (Å²) in [5, 5.41) is 9.06. The average Bonchev–Trinajstić information content (AvgIpc) is 3.12. The Morgan fingerprint density at radius 1 is 1.17 bits per heavy atom. The van der Waals surface area contributed by atoms with E-state index >= 15 is 0 Å². The van der Waals surface area contributed by atoms with E-state index in [0.717, 1.165) is 4.68 Å². The number of nitrogens with one attached hydrogen (secondary N) is 2. The molecule has 1 aliphatic rings. The fourth-order valence-electron chi connectivity index (χ4n) is 3.05. The zero-order valence-corrected chi connectivity index (χ0v) is 15.0. The minimum Gasteiger partial charge on any atom is -0.328 e. The maximum atomic E-state index is 13.2. The van der Waals surface area contributed by atoms with E-state index in [1.165, 1.54) is 18.6 Å². The van der Waals surface area contributed by atoms with Crippen molar-refractivity contribution in [3.05, 3.63) is 71.7 Å². The highest BCUT2D eigenvalue weighted by Gasteiger charge is 2.41. The lowest BCUT2D eigenvalue weighted by molar-refractivity contribution is -0.145. The van der Waals surface area contributed by atoms with E-state index in [4.69, 9.17) is 0 Å². The van der Waals surface area contributed by atoms with Crippen LogP contribution in [-0.4, -0.2) is 30.6 Å². The van der Waals surface area contributed by atoms with Gasteiger partial charge in [0.25, 0.3) is 11.7 Å². The Balaban J connectivity index is 1.81. The predicted molar refractivity (Wildman–Crippen MR) is 96.6 cm³/mol. The molecular weight excluding hydrogens is 387 g/mol. The second kappa shape index (κ2) is 7.00. The molecule has 0 saturated heterocycles. The molecule has 29 heavy (non-hydrogen) atoms. The Hall–Kier alpha value is -3.76. The molecule has 1 aliphatic heterocycles. The van der Waals surface area contributed by atoms with Crippen molar-refractivity contribution in [3.63, 3.8) is 0 Å². The van der Waals surface area contributed by atoms with Crippen LogP contribution < -0.4 is 10.6 Å². The monoisotopic (exact) mass is 401 g/mol. The summed E-state index contributed by atoms with van der Waals surface area (Å²) in [5.74, 6) is -1.91. The molecule has 0 aliphatic carbocycles. The number of carbonyl (C=O) groups excluding carboxylic acids is 1. The van der Waals surface area contributed by atoms with Crippen LogP contribution in [0.3, 0.4) is 0 Å². The van der Waals surface area contributed by atoms with Crippen molar-refractivity contribution in [2.75, 3.05) is 10.6 Å². The van der Waals surface area contributed by atoms with E-state index in [1.54, 1.807) is 37.4 Å². The fraction of sp³-hybridized carbons (Fsp3) is 0.167. The van der Waals surface area contributed by atoms with Gasteiger partial charge in [0.2, 0.25) is 5.95 Å². The summed E-state index contributed by atoms with van der Waals surface area (Å²) in [7, 11) is 0. The zero-order valence-electron chi connectivity index (χ0n) is 15.0. The summed E-state index contributed by atoms with van der Waals surface area (Å²) in [4.78, 5) is 24.5. The van der Waals surface area contributed by atoms with Crippen LogP contribution in [0.2, 0.25) is 0 Å². The highest BCUT2D eigenvalue weighted by Crippen LogP contribution is 2.37. The first-order valence-electron chi connectivity index (χ1n) is 8.47. The summed E-state index contributed by atoms with van der Waals surface area (Å²) >= 11 is 0. The molecule has 3 aromatic rings. The van der Waals surface area contributed by atoms with Crippen LogP contribution in [0.5, 0.6) is 0 Å². The van der Waals surface area contributed by atoms with Gasteiger partial charge in [0.1, 0.15) is 6.04 Å². The van der Waals surface area contributed by atoms with Crippen molar-refractivity contribution < 1.29 is 18.0 Å². The number of hydrogen-bond donors (Lipinski definition) is 2. The van der Waals surface area contributed by atoms with Gasteiger partial charge in [0.05, 0.1) is 17.5 Å². The van der Waals surface area contributed by atoms with Crippen LogP contribution in [0, 0.1) is 0 Å². The van der Waals surface area contributed by atoms with E-state index in [-0.39, 0.29) is 11.5 Å². The van der Waals surface area contributed by atoms with Gasteiger partial charge in [-0.05, 0) is 30.7 Å². The third-order valence-corrected chi connectivity index (χ3v) is 4.27. The third-order valence-electron chi connectivity index (χ3n) is 4.27. The number of allylic oxidation sites excluding steroid dienone is 1. The maximum Gasteiger partial charge on any atom is 0.453 e. The Labute approximate surface area is 162 Å². The lowest BCUT2D eigenvalue weighted by atomic mass is 9.96. The number of hydrogen-bond acceptors (Lipinski definition) is 6. The highest BCUT2D eigenvalue weighted by molar-refractivity contribution is 6.05. The molecule has 4 heterocycles. The number of nitrogens with zero attached hydrogens (tertiary/aromatic N) is 5. The van der Waals surface area contributed by atoms with E-state index < -0.39 is 23.9 Å². The number of amides is 1. The summed E-state index contributed by atoms with van der Waals surface area (Å²) in [6.45, 7) is 1.59. The molecule has 11 heteroatoms. The highest BCUT2D eigenvalue weighted by atomic mass is 19.4. The molecule has 1 amide bonds. The number of rotatable bonds is 3. The first kappa shape index (κ1) is 18.6. The Morgan fingerprint density at radius 3 is 2.52 bits per heavy atom. The normalized spacial score (nSPS) is 16.2. The smallest absolute Gasteiger partial charge is 0.328 e. The average molecular weight is 401 g/mol. The maximum absolute atomic E-state index is 13.2. The number of fused-ring (bicyclic) bond motifs is 1. The van der Waals surface area contributed by atoms with Crippen LogP contribution in [-0.2, 0) is 11.0 Å². The molecule has 0 unspecified atom stereocenters. The van der Waals surface area contributed by atoms with Gasteiger partial charge in [-0.2, -0.15) is 18.2 Å². The molecule has 0 saturated carbocycles. The molecule has 2 N–H and O–H groups in total. The van der Waals surface area contributed by atoms with Crippen molar-refractivity contribution in [2.45, 2.75) is 19.1 Å². The summed E-state index contributed by atoms with van der Waals surface area (Å²) in [5.41, 5.74) is 1.48. The lowest BCUT2D eigenvalue weighted by Crippen LogP contribution is -2.31. The van der Waals surface area contributed by atoms with Crippen LogP contribution in [0.4, 0.5) is 24.8 Å². The van der Waals surface area contributed by atoms with Crippen molar-refractivity contribution in [1.82, 2.24) is 24.7 Å². The molecule has 4 rings (SSSR count). The Bertz CT molecular complexity index is 1080. The molecule has 8 nitrogen and oxygen atoms in total. The number of anilines is 2. The number of aromatic nitrogens is 5. The second-order valence-corrected chi connectivity index (χ2v) is 6.25. The molecule has 0 aromatic carbocycles. The minimum absolute atomic E-state index is 0.110. The lowest BCUT2D eigenvalue weighted by Gasteiger charge is -2.28. The SMILES string of the molecule is CC1=C(C(=O)Nc2cccnc2)[C@H](c2cccnc2)n2nc(C(F)(F)F)nc2N1. The number of carbonyl (C=O) groups is 1. The second-order valence-electron chi connectivity index (χ2n) is 6.25. The standard InChI is InChI=1S/C18H14F3N7O/c1-10-13(15(29)25-12-5-3-7-23-9-12)14(11-4-2-6-22-8-11)28-17(24-10)26-16(27-28)18(19,20)21/h2-9,14H,1H3,(H,25,29)(H,24,26,27)/t14-/m0/s1. The molecule has 0 radical (unpaired) electrons. The number of alkyl halides is 3. The Kier molecular flexibility index (Phi) is 4.49. The van der Waals surface area contributed by atoms with Gasteiger partial charge >= 0.3 is 6.18 Å². The minimum atomic E-state index is -4.72. The fourth-order valence-corrected chi connectivity index (χ4v) is 3.05. The predicted octanol–water partition coefficient (Wildman–Crippen LogP) is 3.01. The molecule has 0 bridgehead atoms. The summed E-state index contributed by atoms with van der Waals surface area (Å²) < 4.78 is 40.5. The van der Waals surface area contributed by atoms with Gasteiger partial charge in [0, 0.05) is 24.3 Å². The van der Waals surface area contributed by atoms with Crippen LogP contribution >= 0.6 is 0 Å².